The summed E-state index contributed by atoms with van der Waals surface area (Å²) >= 11 is 0. The van der Waals surface area contributed by atoms with E-state index in [1.54, 1.807) is 0 Å². The molecule has 0 spiro atoms. The summed E-state index contributed by atoms with van der Waals surface area (Å²) in [7, 11) is 0. The van der Waals surface area contributed by atoms with Gasteiger partial charge in [0.2, 0.25) is 0 Å². The third kappa shape index (κ3) is 18.8. The van der Waals surface area contributed by atoms with Crippen molar-refractivity contribution in [3.63, 3.8) is 0 Å². The molecule has 14 fully saturated rings. The van der Waals surface area contributed by atoms with Crippen molar-refractivity contribution in [2.75, 3.05) is 6.61 Å². The molecule has 1 aliphatic heterocycles. The first-order valence-electron chi connectivity index (χ1n) is 41.6. The minimum atomic E-state index is -0.964. The average molecular weight is 1430 g/mol. The summed E-state index contributed by atoms with van der Waals surface area (Å²) in [5, 5.41) is 18.9. The number of aliphatic hydroxyl groups is 1. The van der Waals surface area contributed by atoms with Crippen LogP contribution in [0.1, 0.15) is 350 Å². The fourth-order valence-corrected chi connectivity index (χ4v) is 19.9. The normalized spacial score (nSPS) is 34.5. The second kappa shape index (κ2) is 35.2. The fraction of sp³-hybridized carbons (Fsp3) is 0.907. The molecule has 13 saturated carbocycles. The number of hydrogen-bond acceptors (Lipinski definition) is 16. The lowest BCUT2D eigenvalue weighted by atomic mass is 9.49. The minimum absolute atomic E-state index is 0.0150. The molecule has 9 atom stereocenters. The monoisotopic (exact) mass is 1430 g/mol. The van der Waals surface area contributed by atoms with Crippen LogP contribution in [0.25, 0.3) is 0 Å². The summed E-state index contributed by atoms with van der Waals surface area (Å²) in [4.78, 5) is 84.2. The number of carbonyl (C=O) groups excluding carboxylic acids is 7. The highest BCUT2D eigenvalue weighted by Gasteiger charge is 2.72. The van der Waals surface area contributed by atoms with Crippen molar-refractivity contribution in [3.8, 4) is 6.07 Å². The van der Waals surface area contributed by atoms with E-state index < -0.39 is 22.9 Å². The van der Waals surface area contributed by atoms with Gasteiger partial charge in [0.1, 0.15) is 40.2 Å². The summed E-state index contributed by atoms with van der Waals surface area (Å²) in [5.41, 5.74) is -3.19. The Balaban J connectivity index is 0.000000173. The number of hydrogen-bond donors (Lipinski definition) is 1. The molecule has 1 N–H and O–H groups in total. The van der Waals surface area contributed by atoms with E-state index >= 15 is 0 Å². The van der Waals surface area contributed by atoms with Gasteiger partial charge in [0, 0.05) is 11.8 Å². The maximum atomic E-state index is 12.7. The molecule has 0 amide bonds. The lowest BCUT2D eigenvalue weighted by Crippen LogP contribution is -2.60. The maximum Gasteiger partial charge on any atom is 0.327 e. The standard InChI is InChI=1S/C18H30O3.C16H26O2.C14H17NO4.C14H26O2.C13H24O2.C11H20O2/c1-4-17(3,11-19)16(20)21-18(5-2)14-7-12-6-13(9-14)10-15(18)8-12;1-4-10(2)15(17)18-16(3)13-6-11-5-12(8-13)9-14(16)7-11;1-3-7(2)12(16)18-10-8-4-9-11(10)19-13(17)14(9,5-8)6-15;1-5-13(3,4)12(15)16-14(6-2)10-8-7-9-11-14;1-5-12(3,4)11(14)15-13(6-2)9-7-8-10-13;1-4-9(2)10(12)13-11(3)7-5-6-8-11/h12-15,19H,4-11H2,1-3H3;10-14H,4-9H2,1-3H3;7-11H,3-5H2,1-2H3;5-11H2,1-4H3;5-10H2,1-4H3;9H,4-8H2,1-3H3. The quantitative estimate of drug-likeness (QED) is 0.0785. The summed E-state index contributed by atoms with van der Waals surface area (Å²) in [6.45, 7) is 38.1. The van der Waals surface area contributed by atoms with Crippen LogP contribution in [0.5, 0.6) is 0 Å². The molecule has 13 aliphatic carbocycles. The Labute approximate surface area is 617 Å². The molecule has 14 aliphatic rings. The summed E-state index contributed by atoms with van der Waals surface area (Å²) in [5.74, 6) is 5.13. The molecule has 1 saturated heterocycles. The molecule has 0 radical (unpaired) electrons. The zero-order valence-electron chi connectivity index (χ0n) is 67.5. The van der Waals surface area contributed by atoms with Crippen molar-refractivity contribution < 1.29 is 71.8 Å². The van der Waals surface area contributed by atoms with Gasteiger partial charge in [-0.3, -0.25) is 33.6 Å². The topological polar surface area (TPSA) is 228 Å². The molecule has 16 heteroatoms. The van der Waals surface area contributed by atoms with Crippen molar-refractivity contribution in [2.24, 2.45) is 98.6 Å². The number of aliphatic hydroxyl groups excluding tert-OH is 1. The number of fused-ring (bicyclic) bond motifs is 1. The van der Waals surface area contributed by atoms with E-state index in [4.69, 9.17) is 33.2 Å². The lowest BCUT2D eigenvalue weighted by Gasteiger charge is -2.60. The van der Waals surface area contributed by atoms with Gasteiger partial charge in [-0.25, -0.2) is 0 Å². The van der Waals surface area contributed by atoms with Gasteiger partial charge in [0.15, 0.2) is 5.41 Å². The van der Waals surface area contributed by atoms with Crippen LogP contribution in [0.2, 0.25) is 0 Å². The zero-order valence-corrected chi connectivity index (χ0v) is 67.5. The minimum Gasteiger partial charge on any atom is -0.459 e. The van der Waals surface area contributed by atoms with Gasteiger partial charge in [-0.15, -0.1) is 0 Å². The predicted molar refractivity (Wildman–Crippen MR) is 396 cm³/mol. The molecule has 0 aromatic heterocycles. The van der Waals surface area contributed by atoms with Crippen molar-refractivity contribution in [1.29, 1.82) is 5.26 Å². The van der Waals surface area contributed by atoms with Crippen LogP contribution in [-0.2, 0) is 66.7 Å². The van der Waals surface area contributed by atoms with Gasteiger partial charge >= 0.3 is 41.8 Å². The maximum absolute atomic E-state index is 12.7. The molecule has 582 valence electrons. The third-order valence-electron chi connectivity index (χ3n) is 29.2. The highest BCUT2D eigenvalue weighted by Crippen LogP contribution is 2.64. The van der Waals surface area contributed by atoms with E-state index in [1.807, 2.05) is 90.0 Å². The second-order valence-electron chi connectivity index (χ2n) is 36.7. The number of esters is 7. The molecule has 16 nitrogen and oxygen atoms in total. The van der Waals surface area contributed by atoms with E-state index in [1.165, 1.54) is 109 Å². The van der Waals surface area contributed by atoms with Crippen LogP contribution in [0, 0.1) is 110 Å². The first-order valence-corrected chi connectivity index (χ1v) is 41.6. The third-order valence-corrected chi connectivity index (χ3v) is 29.2. The van der Waals surface area contributed by atoms with Crippen molar-refractivity contribution in [2.45, 2.75) is 390 Å². The van der Waals surface area contributed by atoms with Gasteiger partial charge in [-0.05, 0) is 308 Å². The van der Waals surface area contributed by atoms with Gasteiger partial charge in [0.25, 0.3) is 0 Å². The Morgan fingerprint density at radius 1 is 0.510 bits per heavy atom. The predicted octanol–water partition coefficient (Wildman–Crippen LogP) is 19.4. The summed E-state index contributed by atoms with van der Waals surface area (Å²) in [6, 6.07) is 2.14. The Morgan fingerprint density at radius 2 is 0.912 bits per heavy atom. The summed E-state index contributed by atoms with van der Waals surface area (Å²) in [6.07, 6.45) is 35.9. The lowest BCUT2D eigenvalue weighted by molar-refractivity contribution is -0.220. The van der Waals surface area contributed by atoms with E-state index in [0.717, 1.165) is 120 Å². The highest BCUT2D eigenvalue weighted by molar-refractivity contribution is 5.85. The zero-order chi connectivity index (χ0) is 75.6. The van der Waals surface area contributed by atoms with E-state index in [2.05, 4.69) is 47.6 Å². The first kappa shape index (κ1) is 85.0. The van der Waals surface area contributed by atoms with Gasteiger partial charge < -0.3 is 38.3 Å². The molecule has 9 unspecified atom stereocenters. The van der Waals surface area contributed by atoms with Crippen LogP contribution in [0.15, 0.2) is 0 Å². The SMILES string of the molecule is CCC(C)(CO)C(=O)OC1(CC)C2CC3CC(C2)CC1C3.CCC(C)C(=O)OC1(C)C2CC3CC(C2)CC1C3.CCC(C)C(=O)OC1(C)CCCC1.CCC(C)C(=O)OC1C2CC3C1OC(=O)C3(C#N)C2.CCC1(OC(=O)C(C)(C)CC)CCCC1.CCC1(OC(=O)C(C)(C)CC)CCCCC1. The number of nitriles is 1. The van der Waals surface area contributed by atoms with Gasteiger partial charge in [-0.1, -0.05) is 89.5 Å². The Bertz CT molecular complexity index is 2790. The van der Waals surface area contributed by atoms with Crippen LogP contribution in [-0.4, -0.2) is 93.7 Å². The number of nitrogens with zero attached hydrogens (tertiary/aromatic N) is 1. The van der Waals surface area contributed by atoms with Crippen LogP contribution in [0.4, 0.5) is 0 Å². The molecule has 1 heterocycles. The number of ether oxygens (including phenoxy) is 7. The van der Waals surface area contributed by atoms with E-state index in [-0.39, 0.29) is 117 Å². The van der Waals surface area contributed by atoms with Crippen LogP contribution >= 0.6 is 0 Å². The first-order chi connectivity index (χ1) is 48.0. The van der Waals surface area contributed by atoms with Crippen molar-refractivity contribution in [3.05, 3.63) is 0 Å². The molecule has 102 heavy (non-hydrogen) atoms. The Morgan fingerprint density at radius 3 is 1.29 bits per heavy atom. The summed E-state index contributed by atoms with van der Waals surface area (Å²) < 4.78 is 40.2. The number of carbonyl (C=O) groups is 7. The number of rotatable bonds is 22. The highest BCUT2D eigenvalue weighted by atomic mass is 16.6. The van der Waals surface area contributed by atoms with Crippen LogP contribution in [0.3, 0.4) is 0 Å². The molecule has 14 rings (SSSR count). The molecular formula is C86H143NO15. The van der Waals surface area contributed by atoms with Gasteiger partial charge in [-0.2, -0.15) is 5.26 Å². The molecule has 10 bridgehead atoms. The van der Waals surface area contributed by atoms with Crippen molar-refractivity contribution in [1.82, 2.24) is 0 Å². The fourth-order valence-electron chi connectivity index (χ4n) is 19.9. The van der Waals surface area contributed by atoms with E-state index in [9.17, 15) is 43.9 Å². The average Bonchev–Trinajstić information content (AvgIpc) is 1.54. The Hall–Kier alpha value is -4.26. The molecule has 0 aromatic rings. The largest absolute Gasteiger partial charge is 0.459 e. The van der Waals surface area contributed by atoms with Gasteiger partial charge in [0.05, 0.1) is 46.7 Å². The Kier molecular flexibility index (Phi) is 29.3. The molecular weight excluding hydrogens is 1290 g/mol. The molecule has 0 aromatic carbocycles. The smallest absolute Gasteiger partial charge is 0.327 e. The van der Waals surface area contributed by atoms with Crippen molar-refractivity contribution >= 4 is 41.8 Å². The van der Waals surface area contributed by atoms with Crippen LogP contribution < -0.4 is 0 Å². The van der Waals surface area contributed by atoms with E-state index in [0.29, 0.717) is 36.5 Å². The second-order valence-corrected chi connectivity index (χ2v) is 36.7.